The van der Waals surface area contributed by atoms with Gasteiger partial charge in [-0.25, -0.2) is 4.98 Å². The average Bonchev–Trinajstić information content (AvgIpc) is 2.85. The maximum Gasteiger partial charge on any atom is 0.225 e. The normalized spacial score (nSPS) is 10.8. The number of nitrogens with zero attached hydrogens (tertiary/aromatic N) is 3. The SMILES string of the molecule is CNc1nc(-c2cccc(Br)c2)c2cn[nH]c2n1. The first-order chi connectivity index (χ1) is 8.78. The molecule has 3 rings (SSSR count). The van der Waals surface area contributed by atoms with E-state index in [4.69, 9.17) is 0 Å². The van der Waals surface area contributed by atoms with Gasteiger partial charge in [0.1, 0.15) is 0 Å². The third-order valence-corrected chi connectivity index (χ3v) is 3.12. The number of anilines is 1. The van der Waals surface area contributed by atoms with Crippen molar-refractivity contribution in [2.45, 2.75) is 0 Å². The number of halogens is 1. The first-order valence-electron chi connectivity index (χ1n) is 5.43. The summed E-state index contributed by atoms with van der Waals surface area (Å²) in [5.41, 5.74) is 2.61. The summed E-state index contributed by atoms with van der Waals surface area (Å²) in [5, 5.41) is 10.7. The van der Waals surface area contributed by atoms with Crippen molar-refractivity contribution in [1.29, 1.82) is 0 Å². The van der Waals surface area contributed by atoms with Gasteiger partial charge in [0, 0.05) is 17.1 Å². The predicted octanol–water partition coefficient (Wildman–Crippen LogP) is 2.82. The maximum atomic E-state index is 4.50. The molecule has 6 heteroatoms. The highest BCUT2D eigenvalue weighted by Gasteiger charge is 2.10. The zero-order chi connectivity index (χ0) is 12.5. The zero-order valence-corrected chi connectivity index (χ0v) is 11.2. The van der Waals surface area contributed by atoms with Gasteiger partial charge in [0.05, 0.1) is 17.3 Å². The van der Waals surface area contributed by atoms with E-state index in [0.717, 1.165) is 26.8 Å². The van der Waals surface area contributed by atoms with Crippen molar-refractivity contribution >= 4 is 32.9 Å². The van der Waals surface area contributed by atoms with Crippen LogP contribution in [0.1, 0.15) is 0 Å². The van der Waals surface area contributed by atoms with Gasteiger partial charge in [0.2, 0.25) is 5.95 Å². The number of aromatic nitrogens is 4. The molecule has 0 unspecified atom stereocenters. The minimum Gasteiger partial charge on any atom is -0.357 e. The first kappa shape index (κ1) is 11.2. The van der Waals surface area contributed by atoms with Crippen LogP contribution in [0.2, 0.25) is 0 Å². The minimum atomic E-state index is 0.571. The summed E-state index contributed by atoms with van der Waals surface area (Å²) in [5.74, 6) is 0.571. The number of benzene rings is 1. The monoisotopic (exact) mass is 303 g/mol. The molecule has 0 bridgehead atoms. The molecule has 0 atom stereocenters. The van der Waals surface area contributed by atoms with Crippen LogP contribution in [0.3, 0.4) is 0 Å². The lowest BCUT2D eigenvalue weighted by molar-refractivity contribution is 1.09. The quantitative estimate of drug-likeness (QED) is 0.764. The van der Waals surface area contributed by atoms with Crippen LogP contribution in [-0.4, -0.2) is 27.2 Å². The van der Waals surface area contributed by atoms with E-state index in [9.17, 15) is 0 Å². The van der Waals surface area contributed by atoms with Gasteiger partial charge in [-0.2, -0.15) is 10.1 Å². The van der Waals surface area contributed by atoms with Gasteiger partial charge in [0.15, 0.2) is 5.65 Å². The van der Waals surface area contributed by atoms with Crippen LogP contribution in [-0.2, 0) is 0 Å². The van der Waals surface area contributed by atoms with Gasteiger partial charge in [0.25, 0.3) is 0 Å². The molecule has 5 nitrogen and oxygen atoms in total. The van der Waals surface area contributed by atoms with Crippen molar-refractivity contribution in [2.75, 3.05) is 12.4 Å². The highest BCUT2D eigenvalue weighted by atomic mass is 79.9. The largest absolute Gasteiger partial charge is 0.357 e. The lowest BCUT2D eigenvalue weighted by Crippen LogP contribution is -1.98. The van der Waals surface area contributed by atoms with Gasteiger partial charge >= 0.3 is 0 Å². The van der Waals surface area contributed by atoms with Crippen molar-refractivity contribution in [1.82, 2.24) is 20.2 Å². The smallest absolute Gasteiger partial charge is 0.225 e. The molecule has 2 heterocycles. The molecule has 0 amide bonds. The lowest BCUT2D eigenvalue weighted by Gasteiger charge is -2.05. The highest BCUT2D eigenvalue weighted by Crippen LogP contribution is 2.27. The molecule has 90 valence electrons. The Morgan fingerprint density at radius 2 is 2.17 bits per heavy atom. The summed E-state index contributed by atoms with van der Waals surface area (Å²) in [7, 11) is 1.79. The summed E-state index contributed by atoms with van der Waals surface area (Å²) in [4.78, 5) is 8.81. The van der Waals surface area contributed by atoms with E-state index >= 15 is 0 Å². The number of hydrogen-bond donors (Lipinski definition) is 2. The molecule has 0 aliphatic carbocycles. The van der Waals surface area contributed by atoms with Gasteiger partial charge in [-0.1, -0.05) is 28.1 Å². The Morgan fingerprint density at radius 3 is 2.94 bits per heavy atom. The molecule has 0 fully saturated rings. The fourth-order valence-corrected chi connectivity index (χ4v) is 2.20. The standard InChI is InChI=1S/C12H10BrN5/c1-14-12-16-10(7-3-2-4-8(13)5-7)9-6-15-18-11(9)17-12/h2-6H,1H3,(H2,14,15,16,17,18). The second-order valence-corrected chi connectivity index (χ2v) is 4.70. The van der Waals surface area contributed by atoms with Crippen LogP contribution < -0.4 is 5.32 Å². The zero-order valence-electron chi connectivity index (χ0n) is 9.61. The van der Waals surface area contributed by atoms with Crippen LogP contribution >= 0.6 is 15.9 Å². The first-order valence-corrected chi connectivity index (χ1v) is 6.22. The van der Waals surface area contributed by atoms with Crippen molar-refractivity contribution in [3.63, 3.8) is 0 Å². The molecule has 3 aromatic rings. The second kappa shape index (κ2) is 4.38. The number of rotatable bonds is 2. The van der Waals surface area contributed by atoms with Crippen molar-refractivity contribution in [2.24, 2.45) is 0 Å². The van der Waals surface area contributed by atoms with E-state index in [1.165, 1.54) is 0 Å². The number of fused-ring (bicyclic) bond motifs is 1. The summed E-state index contributed by atoms with van der Waals surface area (Å²) >= 11 is 3.47. The summed E-state index contributed by atoms with van der Waals surface area (Å²) in [6.07, 6.45) is 1.74. The third kappa shape index (κ3) is 1.84. The fourth-order valence-electron chi connectivity index (χ4n) is 1.80. The number of H-pyrrole nitrogens is 1. The van der Waals surface area contributed by atoms with E-state index in [0.29, 0.717) is 5.95 Å². The molecule has 0 saturated carbocycles. The van der Waals surface area contributed by atoms with Gasteiger partial charge < -0.3 is 5.32 Å². The van der Waals surface area contributed by atoms with Gasteiger partial charge in [-0.05, 0) is 12.1 Å². The van der Waals surface area contributed by atoms with E-state index in [1.807, 2.05) is 24.3 Å². The molecule has 0 spiro atoms. The molecule has 0 aliphatic heterocycles. The molecule has 0 saturated heterocycles. The molecular formula is C12H10BrN5. The maximum absolute atomic E-state index is 4.50. The number of nitrogens with one attached hydrogen (secondary N) is 2. The highest BCUT2D eigenvalue weighted by molar-refractivity contribution is 9.10. The van der Waals surface area contributed by atoms with Crippen LogP contribution in [0, 0.1) is 0 Å². The van der Waals surface area contributed by atoms with E-state index in [2.05, 4.69) is 41.4 Å². The van der Waals surface area contributed by atoms with Gasteiger partial charge in [-0.3, -0.25) is 5.10 Å². The summed E-state index contributed by atoms with van der Waals surface area (Å²) in [6, 6.07) is 8.00. The topological polar surface area (TPSA) is 66.5 Å². The molecule has 1 aromatic carbocycles. The average molecular weight is 304 g/mol. The Balaban J connectivity index is 2.29. The van der Waals surface area contributed by atoms with Crippen molar-refractivity contribution in [3.05, 3.63) is 34.9 Å². The Hall–Kier alpha value is -1.95. The van der Waals surface area contributed by atoms with E-state index in [-0.39, 0.29) is 0 Å². The van der Waals surface area contributed by atoms with Crippen molar-refractivity contribution in [3.8, 4) is 11.3 Å². The summed E-state index contributed by atoms with van der Waals surface area (Å²) in [6.45, 7) is 0. The van der Waals surface area contributed by atoms with E-state index in [1.54, 1.807) is 13.2 Å². The van der Waals surface area contributed by atoms with E-state index < -0.39 is 0 Å². The predicted molar refractivity (Wildman–Crippen MR) is 74.4 cm³/mol. The van der Waals surface area contributed by atoms with Crippen molar-refractivity contribution < 1.29 is 0 Å². The molecule has 0 radical (unpaired) electrons. The molecular weight excluding hydrogens is 294 g/mol. The van der Waals surface area contributed by atoms with Gasteiger partial charge in [-0.15, -0.1) is 0 Å². The molecule has 0 aliphatic rings. The Morgan fingerprint density at radius 1 is 1.28 bits per heavy atom. The number of hydrogen-bond acceptors (Lipinski definition) is 4. The Kier molecular flexibility index (Phi) is 2.71. The Bertz CT molecular complexity index is 707. The number of aromatic amines is 1. The summed E-state index contributed by atoms with van der Waals surface area (Å²) < 4.78 is 1.02. The minimum absolute atomic E-state index is 0.571. The van der Waals surface area contributed by atoms with Crippen LogP contribution in [0.4, 0.5) is 5.95 Å². The van der Waals surface area contributed by atoms with Crippen LogP contribution in [0.5, 0.6) is 0 Å². The molecule has 2 aromatic heterocycles. The molecule has 18 heavy (non-hydrogen) atoms. The van der Waals surface area contributed by atoms with Crippen LogP contribution in [0.25, 0.3) is 22.3 Å². The molecule has 2 N–H and O–H groups in total. The second-order valence-electron chi connectivity index (χ2n) is 3.79. The lowest BCUT2D eigenvalue weighted by atomic mass is 10.1. The third-order valence-electron chi connectivity index (χ3n) is 2.63. The fraction of sp³-hybridized carbons (Fsp3) is 0.0833. The Labute approximate surface area is 112 Å². The van der Waals surface area contributed by atoms with Crippen LogP contribution in [0.15, 0.2) is 34.9 Å².